The van der Waals surface area contributed by atoms with E-state index in [1.165, 1.54) is 23.1 Å². The van der Waals surface area contributed by atoms with Gasteiger partial charge in [-0.3, -0.25) is 4.79 Å². The Bertz CT molecular complexity index is 739. The summed E-state index contributed by atoms with van der Waals surface area (Å²) in [6, 6.07) is 6.04. The highest BCUT2D eigenvalue weighted by molar-refractivity contribution is 7.90. The van der Waals surface area contributed by atoms with E-state index in [-0.39, 0.29) is 10.8 Å². The minimum atomic E-state index is -3.92. The molecule has 8 nitrogen and oxygen atoms in total. The van der Waals surface area contributed by atoms with Crippen LogP contribution in [0.15, 0.2) is 35.5 Å². The van der Waals surface area contributed by atoms with Crippen LogP contribution in [-0.4, -0.2) is 34.5 Å². The van der Waals surface area contributed by atoms with Crippen LogP contribution in [0, 0.1) is 5.92 Å². The van der Waals surface area contributed by atoms with Crippen LogP contribution in [0.1, 0.15) is 26.7 Å². The lowest BCUT2D eigenvalue weighted by atomic mass is 10.0. The quantitative estimate of drug-likeness (QED) is 0.846. The minimum Gasteiger partial charge on any atom is -0.274 e. The Morgan fingerprint density at radius 1 is 1.32 bits per heavy atom. The van der Waals surface area contributed by atoms with Gasteiger partial charge >= 0.3 is 0 Å². The van der Waals surface area contributed by atoms with Crippen LogP contribution in [0.25, 0.3) is 5.69 Å². The molecule has 0 fully saturated rings. The summed E-state index contributed by atoms with van der Waals surface area (Å²) in [5.41, 5.74) is 0.489. The highest BCUT2D eigenvalue weighted by atomic mass is 32.2. The normalized spacial score (nSPS) is 11.6. The maximum atomic E-state index is 12.3. The molecule has 0 unspecified atom stereocenters. The van der Waals surface area contributed by atoms with Gasteiger partial charge in [-0.15, -0.1) is 5.10 Å². The lowest BCUT2D eigenvalue weighted by Crippen LogP contribution is -2.35. The first-order valence-electron chi connectivity index (χ1n) is 6.88. The number of nitrogens with zero attached hydrogens (tertiary/aromatic N) is 4. The molecule has 0 radical (unpaired) electrons. The first-order chi connectivity index (χ1) is 10.5. The molecule has 2 rings (SSSR count). The highest BCUT2D eigenvalue weighted by Crippen LogP contribution is 2.15. The molecule has 0 saturated carbocycles. The second-order valence-corrected chi connectivity index (χ2v) is 6.42. The number of carbonyl (C=O) groups is 1. The van der Waals surface area contributed by atoms with Crippen molar-refractivity contribution < 1.29 is 13.2 Å². The Balaban J connectivity index is 2.27. The Labute approximate surface area is 128 Å². The lowest BCUT2D eigenvalue weighted by molar-refractivity contribution is -0.123. The molecule has 0 aliphatic heterocycles. The molecule has 0 saturated heterocycles. The van der Waals surface area contributed by atoms with E-state index in [1.807, 2.05) is 13.8 Å². The zero-order valence-corrected chi connectivity index (χ0v) is 13.1. The van der Waals surface area contributed by atoms with E-state index >= 15 is 0 Å². The van der Waals surface area contributed by atoms with Crippen LogP contribution in [0.2, 0.25) is 0 Å². The van der Waals surface area contributed by atoms with Gasteiger partial charge in [0.1, 0.15) is 6.33 Å². The SMILES string of the molecule is CCC(CC)C(=O)NS(=O)(=O)c1cccc(-n2cnnn2)c1. The molecule has 1 aromatic carbocycles. The van der Waals surface area contributed by atoms with Gasteiger partial charge < -0.3 is 0 Å². The van der Waals surface area contributed by atoms with Gasteiger partial charge in [-0.2, -0.15) is 0 Å². The minimum absolute atomic E-state index is 0.0141. The van der Waals surface area contributed by atoms with E-state index in [2.05, 4.69) is 20.2 Å². The number of carbonyl (C=O) groups excluding carboxylic acids is 1. The van der Waals surface area contributed by atoms with Crippen molar-refractivity contribution in [2.45, 2.75) is 31.6 Å². The van der Waals surface area contributed by atoms with Gasteiger partial charge in [0.25, 0.3) is 10.0 Å². The Kier molecular flexibility index (Phi) is 4.86. The molecule has 2 aromatic rings. The van der Waals surface area contributed by atoms with Crippen molar-refractivity contribution in [1.82, 2.24) is 24.9 Å². The predicted octanol–water partition coefficient (Wildman–Crippen LogP) is 0.903. The predicted molar refractivity (Wildman–Crippen MR) is 78.6 cm³/mol. The van der Waals surface area contributed by atoms with Gasteiger partial charge in [0.05, 0.1) is 10.6 Å². The van der Waals surface area contributed by atoms with Gasteiger partial charge in [0.2, 0.25) is 5.91 Å². The molecule has 0 aliphatic carbocycles. The molecule has 1 aromatic heterocycles. The second-order valence-electron chi connectivity index (χ2n) is 4.73. The van der Waals surface area contributed by atoms with Gasteiger partial charge in [0.15, 0.2) is 0 Å². The van der Waals surface area contributed by atoms with Crippen molar-refractivity contribution >= 4 is 15.9 Å². The fourth-order valence-electron chi connectivity index (χ4n) is 2.01. The Morgan fingerprint density at radius 3 is 2.64 bits per heavy atom. The van der Waals surface area contributed by atoms with Crippen LogP contribution >= 0.6 is 0 Å². The Hall–Kier alpha value is -2.29. The molecule has 0 spiro atoms. The van der Waals surface area contributed by atoms with Crippen molar-refractivity contribution in [2.75, 3.05) is 0 Å². The van der Waals surface area contributed by atoms with Gasteiger partial charge in [-0.25, -0.2) is 17.8 Å². The summed E-state index contributed by atoms with van der Waals surface area (Å²) in [5.74, 6) is -0.810. The molecular weight excluding hydrogens is 306 g/mol. The third kappa shape index (κ3) is 3.48. The maximum absolute atomic E-state index is 12.3. The molecule has 0 aliphatic rings. The summed E-state index contributed by atoms with van der Waals surface area (Å²) >= 11 is 0. The topological polar surface area (TPSA) is 107 Å². The van der Waals surface area contributed by atoms with E-state index in [1.54, 1.807) is 12.1 Å². The highest BCUT2D eigenvalue weighted by Gasteiger charge is 2.22. The third-order valence-electron chi connectivity index (χ3n) is 3.33. The summed E-state index contributed by atoms with van der Waals surface area (Å²) in [4.78, 5) is 12.0. The van der Waals surface area contributed by atoms with Crippen molar-refractivity contribution in [3.63, 3.8) is 0 Å². The van der Waals surface area contributed by atoms with Gasteiger partial charge in [-0.05, 0) is 41.5 Å². The van der Waals surface area contributed by atoms with E-state index in [0.29, 0.717) is 18.5 Å². The number of tetrazole rings is 1. The van der Waals surface area contributed by atoms with Crippen LogP contribution in [-0.2, 0) is 14.8 Å². The molecular formula is C13H17N5O3S. The lowest BCUT2D eigenvalue weighted by Gasteiger charge is -2.13. The number of aromatic nitrogens is 4. The first kappa shape index (κ1) is 16.1. The van der Waals surface area contributed by atoms with Crippen molar-refractivity contribution in [1.29, 1.82) is 0 Å². The fraction of sp³-hybridized carbons (Fsp3) is 0.385. The summed E-state index contributed by atoms with van der Waals surface area (Å²) in [6.45, 7) is 3.69. The van der Waals surface area contributed by atoms with Gasteiger partial charge in [0, 0.05) is 5.92 Å². The molecule has 0 bridgehead atoms. The van der Waals surface area contributed by atoms with Crippen molar-refractivity contribution in [3.8, 4) is 5.69 Å². The summed E-state index contributed by atoms with van der Waals surface area (Å²) < 4.78 is 28.1. The largest absolute Gasteiger partial charge is 0.274 e. The number of sulfonamides is 1. The molecule has 0 atom stereocenters. The molecule has 9 heteroatoms. The standard InChI is InChI=1S/C13H17N5O3S/c1-3-10(4-2)13(19)15-22(20,21)12-7-5-6-11(8-12)18-9-14-16-17-18/h5-10H,3-4H2,1-2H3,(H,15,19). The van der Waals surface area contributed by atoms with Crippen LogP contribution in [0.5, 0.6) is 0 Å². The number of nitrogens with one attached hydrogen (secondary N) is 1. The average molecular weight is 323 g/mol. The molecule has 1 N–H and O–H groups in total. The molecule has 22 heavy (non-hydrogen) atoms. The monoisotopic (exact) mass is 323 g/mol. The van der Waals surface area contributed by atoms with E-state index < -0.39 is 15.9 Å². The maximum Gasteiger partial charge on any atom is 0.264 e. The fourth-order valence-corrected chi connectivity index (χ4v) is 3.09. The average Bonchev–Trinajstić information content (AvgIpc) is 3.02. The zero-order valence-electron chi connectivity index (χ0n) is 12.3. The van der Waals surface area contributed by atoms with Gasteiger partial charge in [-0.1, -0.05) is 19.9 Å². The zero-order chi connectivity index (χ0) is 16.2. The molecule has 1 heterocycles. The number of hydrogen-bond donors (Lipinski definition) is 1. The number of rotatable bonds is 6. The second kappa shape index (κ2) is 6.65. The Morgan fingerprint density at radius 2 is 2.05 bits per heavy atom. The smallest absolute Gasteiger partial charge is 0.264 e. The van der Waals surface area contributed by atoms with E-state index in [4.69, 9.17) is 0 Å². The van der Waals surface area contributed by atoms with Crippen molar-refractivity contribution in [2.24, 2.45) is 5.92 Å². The van der Waals surface area contributed by atoms with Crippen LogP contribution in [0.4, 0.5) is 0 Å². The van der Waals surface area contributed by atoms with Crippen molar-refractivity contribution in [3.05, 3.63) is 30.6 Å². The summed E-state index contributed by atoms with van der Waals surface area (Å²) in [5, 5.41) is 10.7. The molecule has 1 amide bonds. The van der Waals surface area contributed by atoms with Crippen LogP contribution < -0.4 is 4.72 Å². The summed E-state index contributed by atoms with van der Waals surface area (Å²) in [7, 11) is -3.92. The summed E-state index contributed by atoms with van der Waals surface area (Å²) in [6.07, 6.45) is 2.53. The third-order valence-corrected chi connectivity index (χ3v) is 4.68. The van der Waals surface area contributed by atoms with E-state index in [0.717, 1.165) is 0 Å². The number of benzene rings is 1. The molecule has 118 valence electrons. The van der Waals surface area contributed by atoms with E-state index in [9.17, 15) is 13.2 Å². The number of amides is 1. The van der Waals surface area contributed by atoms with Crippen LogP contribution in [0.3, 0.4) is 0 Å². The number of hydrogen-bond acceptors (Lipinski definition) is 6. The first-order valence-corrected chi connectivity index (χ1v) is 8.36.